The molecule has 2 aromatic carbocycles. The third-order valence-corrected chi connectivity index (χ3v) is 7.40. The number of anilines is 2. The molecule has 1 N–H and O–H groups in total. The minimum absolute atomic E-state index is 0.0214. The zero-order valence-electron chi connectivity index (χ0n) is 21.5. The summed E-state index contributed by atoms with van der Waals surface area (Å²) in [7, 11) is 3.37. The van der Waals surface area contributed by atoms with E-state index >= 15 is 0 Å². The van der Waals surface area contributed by atoms with E-state index in [0.717, 1.165) is 21.4 Å². The van der Waals surface area contributed by atoms with Gasteiger partial charge in [-0.15, -0.1) is 0 Å². The molecule has 3 aromatic rings. The summed E-state index contributed by atoms with van der Waals surface area (Å²) in [5.41, 5.74) is -1.10. The van der Waals surface area contributed by atoms with Gasteiger partial charge in [-0.25, -0.2) is 9.59 Å². The average Bonchev–Trinajstić information content (AvgIpc) is 3.11. The Morgan fingerprint density at radius 3 is 2.51 bits per heavy atom. The SMILES string of the molecule is CCOC(=O)c1cn(-c2ccc3c(c2)N(C)C(O)N3C)c(=O)n(C2CCCc3c2cccc3C(F)(F)F)c1=O. The van der Waals surface area contributed by atoms with Gasteiger partial charge in [-0.2, -0.15) is 13.2 Å². The maximum absolute atomic E-state index is 13.9. The van der Waals surface area contributed by atoms with E-state index in [4.69, 9.17) is 4.74 Å². The molecule has 0 bridgehead atoms. The highest BCUT2D eigenvalue weighted by Gasteiger charge is 2.37. The van der Waals surface area contributed by atoms with Crippen molar-refractivity contribution in [1.82, 2.24) is 9.13 Å². The Balaban J connectivity index is 1.75. The van der Waals surface area contributed by atoms with Gasteiger partial charge in [0.15, 0.2) is 0 Å². The molecule has 2 unspecified atom stereocenters. The minimum atomic E-state index is -4.60. The van der Waals surface area contributed by atoms with Crippen molar-refractivity contribution < 1.29 is 27.8 Å². The number of aliphatic hydroxyl groups excluding tert-OH is 1. The number of carbonyl (C=O) groups excluding carboxylic acids is 1. The molecule has 0 saturated carbocycles. The molecule has 0 spiro atoms. The Morgan fingerprint density at radius 1 is 1.10 bits per heavy atom. The molecule has 12 heteroatoms. The molecule has 2 atom stereocenters. The number of halogens is 3. The molecule has 1 aliphatic heterocycles. The summed E-state index contributed by atoms with van der Waals surface area (Å²) in [5, 5.41) is 10.4. The fourth-order valence-corrected chi connectivity index (χ4v) is 5.49. The maximum atomic E-state index is 13.9. The van der Waals surface area contributed by atoms with Gasteiger partial charge in [-0.1, -0.05) is 12.1 Å². The number of benzene rings is 2. The second-order valence-corrected chi connectivity index (χ2v) is 9.61. The summed E-state index contributed by atoms with van der Waals surface area (Å²) in [6, 6.07) is 7.65. The van der Waals surface area contributed by atoms with E-state index in [1.165, 1.54) is 12.1 Å². The number of hydrogen-bond acceptors (Lipinski definition) is 7. The number of nitrogens with zero attached hydrogens (tertiary/aromatic N) is 4. The van der Waals surface area contributed by atoms with Crippen LogP contribution in [0.3, 0.4) is 0 Å². The van der Waals surface area contributed by atoms with Crippen molar-refractivity contribution in [3.63, 3.8) is 0 Å². The van der Waals surface area contributed by atoms with Gasteiger partial charge in [0, 0.05) is 20.3 Å². The van der Waals surface area contributed by atoms with E-state index < -0.39 is 46.9 Å². The smallest absolute Gasteiger partial charge is 0.416 e. The Morgan fingerprint density at radius 2 is 1.82 bits per heavy atom. The largest absolute Gasteiger partial charge is 0.462 e. The molecule has 9 nitrogen and oxygen atoms in total. The highest BCUT2D eigenvalue weighted by molar-refractivity contribution is 5.88. The van der Waals surface area contributed by atoms with E-state index in [1.54, 1.807) is 49.0 Å². The zero-order valence-corrected chi connectivity index (χ0v) is 21.5. The fraction of sp³-hybridized carbons (Fsp3) is 0.370. The van der Waals surface area contributed by atoms with E-state index in [9.17, 15) is 32.7 Å². The van der Waals surface area contributed by atoms with Gasteiger partial charge >= 0.3 is 17.8 Å². The molecular formula is C27H27F3N4O5. The first-order valence-electron chi connectivity index (χ1n) is 12.5. The Hall–Kier alpha value is -4.06. The van der Waals surface area contributed by atoms with Crippen LogP contribution in [0.1, 0.15) is 52.9 Å². The number of hydrogen-bond donors (Lipinski definition) is 1. The predicted molar refractivity (Wildman–Crippen MR) is 138 cm³/mol. The van der Waals surface area contributed by atoms with Crippen molar-refractivity contribution in [1.29, 1.82) is 0 Å². The molecule has 1 aromatic heterocycles. The number of ether oxygens (including phenoxy) is 1. The third-order valence-electron chi connectivity index (χ3n) is 7.40. The number of rotatable bonds is 4. The summed E-state index contributed by atoms with van der Waals surface area (Å²) >= 11 is 0. The van der Waals surface area contributed by atoms with Crippen LogP contribution in [0.2, 0.25) is 0 Å². The van der Waals surface area contributed by atoms with Gasteiger partial charge in [0.05, 0.1) is 35.3 Å². The maximum Gasteiger partial charge on any atom is 0.416 e. The predicted octanol–water partition coefficient (Wildman–Crippen LogP) is 3.28. The lowest BCUT2D eigenvalue weighted by atomic mass is 9.84. The zero-order chi connectivity index (χ0) is 28.2. The molecule has 5 rings (SSSR count). The Bertz CT molecular complexity index is 1580. The summed E-state index contributed by atoms with van der Waals surface area (Å²) in [6.45, 7) is 1.55. The topological polar surface area (TPSA) is 97.0 Å². The molecule has 0 amide bonds. The lowest BCUT2D eigenvalue weighted by molar-refractivity contribution is -0.138. The van der Waals surface area contributed by atoms with Crippen LogP contribution >= 0.6 is 0 Å². The van der Waals surface area contributed by atoms with E-state index in [-0.39, 0.29) is 30.6 Å². The summed E-state index contributed by atoms with van der Waals surface area (Å²) in [4.78, 5) is 43.5. The molecule has 0 fully saturated rings. The van der Waals surface area contributed by atoms with Crippen molar-refractivity contribution in [2.45, 2.75) is 44.8 Å². The molecule has 39 heavy (non-hydrogen) atoms. The van der Waals surface area contributed by atoms with Crippen LogP contribution in [0, 0.1) is 0 Å². The number of aromatic nitrogens is 2. The van der Waals surface area contributed by atoms with E-state index in [0.29, 0.717) is 23.5 Å². The first-order valence-corrected chi connectivity index (χ1v) is 12.5. The average molecular weight is 545 g/mol. The molecular weight excluding hydrogens is 517 g/mol. The highest BCUT2D eigenvalue weighted by atomic mass is 19.4. The summed E-state index contributed by atoms with van der Waals surface area (Å²) in [6.07, 6.45) is -3.73. The van der Waals surface area contributed by atoms with Crippen LogP contribution in [0.5, 0.6) is 0 Å². The van der Waals surface area contributed by atoms with Gasteiger partial charge in [0.2, 0.25) is 6.35 Å². The van der Waals surface area contributed by atoms with Crippen molar-refractivity contribution in [3.05, 3.63) is 85.7 Å². The molecule has 2 heterocycles. The second-order valence-electron chi connectivity index (χ2n) is 9.61. The van der Waals surface area contributed by atoms with Crippen LogP contribution in [0.25, 0.3) is 5.69 Å². The van der Waals surface area contributed by atoms with Crippen LogP contribution in [0.15, 0.2) is 52.2 Å². The number of esters is 1. The summed E-state index contributed by atoms with van der Waals surface area (Å²) < 4.78 is 48.4. The van der Waals surface area contributed by atoms with E-state index in [2.05, 4.69) is 0 Å². The van der Waals surface area contributed by atoms with Crippen molar-refractivity contribution >= 4 is 17.3 Å². The number of aliphatic hydroxyl groups is 1. The van der Waals surface area contributed by atoms with Crippen LogP contribution < -0.4 is 21.0 Å². The van der Waals surface area contributed by atoms with Gasteiger partial charge in [-0.05, 0) is 61.6 Å². The van der Waals surface area contributed by atoms with E-state index in [1.807, 2.05) is 0 Å². The van der Waals surface area contributed by atoms with Gasteiger partial charge in [0.1, 0.15) is 5.56 Å². The van der Waals surface area contributed by atoms with Gasteiger partial charge in [0.25, 0.3) is 5.56 Å². The van der Waals surface area contributed by atoms with Crippen LogP contribution in [-0.4, -0.2) is 47.3 Å². The first kappa shape index (κ1) is 26.5. The molecule has 1 aliphatic carbocycles. The van der Waals surface area contributed by atoms with Crippen molar-refractivity contribution in [2.24, 2.45) is 0 Å². The number of alkyl halides is 3. The molecule has 2 aliphatic rings. The van der Waals surface area contributed by atoms with Crippen LogP contribution in [-0.2, 0) is 17.3 Å². The molecule has 0 radical (unpaired) electrons. The second kappa shape index (κ2) is 9.60. The van der Waals surface area contributed by atoms with Crippen LogP contribution in [0.4, 0.5) is 24.5 Å². The lowest BCUT2D eigenvalue weighted by Gasteiger charge is -2.29. The minimum Gasteiger partial charge on any atom is -0.462 e. The monoisotopic (exact) mass is 544 g/mol. The Kier molecular flexibility index (Phi) is 6.53. The van der Waals surface area contributed by atoms with Gasteiger partial charge < -0.3 is 19.6 Å². The lowest BCUT2D eigenvalue weighted by Crippen LogP contribution is -2.45. The van der Waals surface area contributed by atoms with Crippen molar-refractivity contribution in [3.8, 4) is 5.69 Å². The fourth-order valence-electron chi connectivity index (χ4n) is 5.49. The Labute approximate surface area is 221 Å². The van der Waals surface area contributed by atoms with Crippen molar-refractivity contribution in [2.75, 3.05) is 30.5 Å². The molecule has 206 valence electrons. The quantitative estimate of drug-likeness (QED) is 0.504. The third kappa shape index (κ3) is 4.28. The number of fused-ring (bicyclic) bond motifs is 2. The molecule has 0 saturated heterocycles. The van der Waals surface area contributed by atoms with Gasteiger partial charge in [-0.3, -0.25) is 13.9 Å². The highest BCUT2D eigenvalue weighted by Crippen LogP contribution is 2.40. The number of carbonyl (C=O) groups is 1. The first-order chi connectivity index (χ1) is 18.5. The summed E-state index contributed by atoms with van der Waals surface area (Å²) in [5.74, 6) is -0.946. The standard InChI is InChI=1S/C27H27F3N4O5/c1-4-39-24(36)18-14-33(15-11-12-21-22(13-15)32(3)25(37)31(21)2)26(38)34(23(18)35)20-10-6-7-16-17(20)8-5-9-19(16)27(28,29)30/h5,8-9,11-14,20,25,37H,4,6-7,10H2,1-3H3. The normalized spacial score (nSPS) is 18.6.